The number of carbonyl (C=O) groups is 1. The van der Waals surface area contributed by atoms with Crippen molar-refractivity contribution in [1.29, 1.82) is 0 Å². The third-order valence-corrected chi connectivity index (χ3v) is 5.76. The SMILES string of the molecule is CC(=O)CSc1nnc(-c2cc(-c3ccc4scnc4c3)cc([N+](=O)[O-])c2)[nH]1. The van der Waals surface area contributed by atoms with Gasteiger partial charge >= 0.3 is 0 Å². The highest BCUT2D eigenvalue weighted by Gasteiger charge is 2.15. The Morgan fingerprint density at radius 2 is 2.00 bits per heavy atom. The molecule has 0 amide bonds. The van der Waals surface area contributed by atoms with Crippen LogP contribution in [0.5, 0.6) is 0 Å². The van der Waals surface area contributed by atoms with Crippen LogP contribution in [0, 0.1) is 10.1 Å². The number of H-pyrrole nitrogens is 1. The highest BCUT2D eigenvalue weighted by Crippen LogP contribution is 2.32. The van der Waals surface area contributed by atoms with E-state index >= 15 is 0 Å². The molecule has 2 aromatic heterocycles. The van der Waals surface area contributed by atoms with Gasteiger partial charge in [0.2, 0.25) is 0 Å². The van der Waals surface area contributed by atoms with Crippen molar-refractivity contribution in [3.63, 3.8) is 0 Å². The van der Waals surface area contributed by atoms with Gasteiger partial charge in [-0.25, -0.2) is 4.98 Å². The van der Waals surface area contributed by atoms with E-state index in [-0.39, 0.29) is 17.2 Å². The highest BCUT2D eigenvalue weighted by atomic mass is 32.2. The molecular formula is C18H13N5O3S2. The summed E-state index contributed by atoms with van der Waals surface area (Å²) in [5, 5.41) is 20.0. The van der Waals surface area contributed by atoms with Crippen molar-refractivity contribution >= 4 is 44.8 Å². The quantitative estimate of drug-likeness (QED) is 0.285. The number of ketones is 1. The average molecular weight is 411 g/mol. The number of thiazole rings is 1. The predicted octanol–water partition coefficient (Wildman–Crippen LogP) is 4.34. The number of hydrogen-bond donors (Lipinski definition) is 1. The molecule has 0 atom stereocenters. The number of non-ortho nitro benzene ring substituents is 1. The first-order valence-corrected chi connectivity index (χ1v) is 10.0. The van der Waals surface area contributed by atoms with E-state index < -0.39 is 4.92 Å². The van der Waals surface area contributed by atoms with Gasteiger partial charge in [-0.3, -0.25) is 14.9 Å². The number of aromatic nitrogens is 4. The van der Waals surface area contributed by atoms with E-state index in [2.05, 4.69) is 20.2 Å². The Bertz CT molecular complexity index is 1200. The predicted molar refractivity (Wildman–Crippen MR) is 108 cm³/mol. The summed E-state index contributed by atoms with van der Waals surface area (Å²) in [4.78, 5) is 29.4. The second-order valence-corrected chi connectivity index (χ2v) is 7.88. The number of carbonyl (C=O) groups excluding carboxylic acids is 1. The molecule has 28 heavy (non-hydrogen) atoms. The molecule has 0 radical (unpaired) electrons. The number of nitrogens with zero attached hydrogens (tertiary/aromatic N) is 4. The molecule has 10 heteroatoms. The number of Topliss-reactive ketones (excluding diaryl/α,β-unsaturated/α-hetero) is 1. The van der Waals surface area contributed by atoms with Crippen molar-refractivity contribution in [3.05, 3.63) is 52.0 Å². The topological polar surface area (TPSA) is 115 Å². The first-order chi connectivity index (χ1) is 13.5. The first kappa shape index (κ1) is 18.3. The van der Waals surface area contributed by atoms with Gasteiger partial charge in [0.1, 0.15) is 5.78 Å². The Morgan fingerprint density at radius 1 is 1.18 bits per heavy atom. The Hall–Kier alpha value is -3.11. The summed E-state index contributed by atoms with van der Waals surface area (Å²) in [5.74, 6) is 0.714. The number of benzene rings is 2. The minimum atomic E-state index is -0.434. The Morgan fingerprint density at radius 3 is 2.79 bits per heavy atom. The molecule has 2 heterocycles. The fourth-order valence-electron chi connectivity index (χ4n) is 2.67. The van der Waals surface area contributed by atoms with Crippen LogP contribution in [0.1, 0.15) is 6.92 Å². The zero-order chi connectivity index (χ0) is 19.7. The van der Waals surface area contributed by atoms with Gasteiger partial charge in [0, 0.05) is 17.7 Å². The van der Waals surface area contributed by atoms with Gasteiger partial charge in [0.05, 0.1) is 26.4 Å². The summed E-state index contributed by atoms with van der Waals surface area (Å²) in [6.07, 6.45) is 0. The highest BCUT2D eigenvalue weighted by molar-refractivity contribution is 7.99. The summed E-state index contributed by atoms with van der Waals surface area (Å²) in [7, 11) is 0. The van der Waals surface area contributed by atoms with Gasteiger partial charge in [-0.15, -0.1) is 21.5 Å². The second kappa shape index (κ2) is 7.49. The van der Waals surface area contributed by atoms with Crippen LogP contribution in [-0.4, -0.2) is 36.6 Å². The maximum Gasteiger partial charge on any atom is 0.270 e. The van der Waals surface area contributed by atoms with E-state index in [0.717, 1.165) is 15.8 Å². The smallest absolute Gasteiger partial charge is 0.270 e. The number of fused-ring (bicyclic) bond motifs is 1. The molecule has 0 saturated carbocycles. The summed E-state index contributed by atoms with van der Waals surface area (Å²) in [6, 6.07) is 10.6. The van der Waals surface area contributed by atoms with Crippen LogP contribution in [-0.2, 0) is 4.79 Å². The van der Waals surface area contributed by atoms with E-state index in [1.807, 2.05) is 24.3 Å². The molecule has 1 N–H and O–H groups in total. The van der Waals surface area contributed by atoms with Crippen LogP contribution in [0.25, 0.3) is 32.7 Å². The number of nitrogens with one attached hydrogen (secondary N) is 1. The van der Waals surface area contributed by atoms with Crippen molar-refractivity contribution in [2.75, 3.05) is 5.75 Å². The minimum Gasteiger partial charge on any atom is -0.316 e. The lowest BCUT2D eigenvalue weighted by molar-refractivity contribution is -0.384. The summed E-state index contributed by atoms with van der Waals surface area (Å²) >= 11 is 2.78. The lowest BCUT2D eigenvalue weighted by atomic mass is 10.0. The average Bonchev–Trinajstić information content (AvgIpc) is 3.34. The molecule has 0 aliphatic carbocycles. The Labute approximate surface area is 167 Å². The molecule has 140 valence electrons. The number of rotatable bonds is 6. The third kappa shape index (κ3) is 3.78. The number of nitro groups is 1. The molecule has 0 unspecified atom stereocenters. The van der Waals surface area contributed by atoms with E-state index in [1.54, 1.807) is 5.51 Å². The van der Waals surface area contributed by atoms with Crippen molar-refractivity contribution < 1.29 is 9.72 Å². The molecule has 0 fully saturated rings. The lowest BCUT2D eigenvalue weighted by Gasteiger charge is -2.05. The summed E-state index contributed by atoms with van der Waals surface area (Å²) in [5.41, 5.74) is 4.63. The standard InChI is InChI=1S/C18H13N5O3S2/c1-10(24)8-27-18-20-17(21-22-18)13-4-12(5-14(6-13)23(25)26)11-2-3-16-15(7-11)19-9-28-16/h2-7,9H,8H2,1H3,(H,20,21,22). The molecule has 2 aromatic carbocycles. The van der Waals surface area contributed by atoms with Gasteiger partial charge in [-0.2, -0.15) is 0 Å². The van der Waals surface area contributed by atoms with Crippen molar-refractivity contribution in [1.82, 2.24) is 20.2 Å². The molecule has 0 bridgehead atoms. The third-order valence-electron chi connectivity index (χ3n) is 3.94. The molecule has 0 spiro atoms. The van der Waals surface area contributed by atoms with Gasteiger partial charge in [0.25, 0.3) is 5.69 Å². The van der Waals surface area contributed by atoms with Gasteiger partial charge in [-0.05, 0) is 36.2 Å². The summed E-state index contributed by atoms with van der Waals surface area (Å²) in [6.45, 7) is 1.50. The van der Waals surface area contributed by atoms with Crippen LogP contribution in [0.15, 0.2) is 47.1 Å². The normalized spacial score (nSPS) is 11.0. The number of hydrogen-bond acceptors (Lipinski definition) is 8. The van der Waals surface area contributed by atoms with Gasteiger partial charge < -0.3 is 4.98 Å². The van der Waals surface area contributed by atoms with Crippen LogP contribution in [0.2, 0.25) is 0 Å². The van der Waals surface area contributed by atoms with Crippen LogP contribution < -0.4 is 0 Å². The van der Waals surface area contributed by atoms with E-state index in [4.69, 9.17) is 0 Å². The lowest BCUT2D eigenvalue weighted by Crippen LogP contribution is -1.93. The van der Waals surface area contributed by atoms with Gasteiger partial charge in [0.15, 0.2) is 11.0 Å². The zero-order valence-corrected chi connectivity index (χ0v) is 16.2. The molecular weight excluding hydrogens is 398 g/mol. The molecule has 4 rings (SSSR count). The van der Waals surface area contributed by atoms with E-state index in [0.29, 0.717) is 22.1 Å². The number of thioether (sulfide) groups is 1. The van der Waals surface area contributed by atoms with Crippen LogP contribution in [0.4, 0.5) is 5.69 Å². The van der Waals surface area contributed by atoms with E-state index in [1.165, 1.54) is 42.2 Å². The number of aromatic amines is 1. The van der Waals surface area contributed by atoms with E-state index in [9.17, 15) is 14.9 Å². The van der Waals surface area contributed by atoms with Crippen molar-refractivity contribution in [2.24, 2.45) is 0 Å². The molecule has 0 saturated heterocycles. The Kier molecular flexibility index (Phi) is 4.88. The second-order valence-electron chi connectivity index (χ2n) is 6.03. The van der Waals surface area contributed by atoms with Crippen LogP contribution >= 0.6 is 23.1 Å². The maximum absolute atomic E-state index is 11.4. The van der Waals surface area contributed by atoms with Crippen molar-refractivity contribution in [2.45, 2.75) is 12.1 Å². The molecule has 8 nitrogen and oxygen atoms in total. The zero-order valence-electron chi connectivity index (χ0n) is 14.6. The summed E-state index contributed by atoms with van der Waals surface area (Å²) < 4.78 is 1.05. The maximum atomic E-state index is 11.4. The fraction of sp³-hybridized carbons (Fsp3) is 0.111. The Balaban J connectivity index is 1.75. The molecule has 0 aliphatic rings. The first-order valence-electron chi connectivity index (χ1n) is 8.18. The molecule has 4 aromatic rings. The largest absolute Gasteiger partial charge is 0.316 e. The monoisotopic (exact) mass is 411 g/mol. The fourth-order valence-corrected chi connectivity index (χ4v) is 3.94. The van der Waals surface area contributed by atoms with Crippen LogP contribution in [0.3, 0.4) is 0 Å². The molecule has 0 aliphatic heterocycles. The number of nitro benzene ring substituents is 1. The van der Waals surface area contributed by atoms with Gasteiger partial charge in [-0.1, -0.05) is 17.8 Å². The minimum absolute atomic E-state index is 0.0259. The van der Waals surface area contributed by atoms with Crippen molar-refractivity contribution in [3.8, 4) is 22.5 Å².